The molecule has 1 aliphatic rings. The van der Waals surface area contributed by atoms with Gasteiger partial charge in [-0.3, -0.25) is 0 Å². The number of anilines is 2. The van der Waals surface area contributed by atoms with Crippen molar-refractivity contribution in [2.45, 2.75) is 16.7 Å². The van der Waals surface area contributed by atoms with E-state index in [0.717, 1.165) is 0 Å². The number of aryl methyl sites for hydroxylation is 1. The maximum absolute atomic E-state index is 3.60. The summed E-state index contributed by atoms with van der Waals surface area (Å²) in [6, 6.07) is 19.4. The molecular formula is C17H13NS. The van der Waals surface area contributed by atoms with E-state index in [4.69, 9.17) is 0 Å². The first-order chi connectivity index (χ1) is 9.33. The van der Waals surface area contributed by atoms with E-state index in [1.807, 2.05) is 11.8 Å². The maximum Gasteiger partial charge on any atom is 0.0608 e. The molecule has 0 amide bonds. The molecule has 1 nitrogen and oxygen atoms in total. The van der Waals surface area contributed by atoms with Gasteiger partial charge in [-0.2, -0.15) is 0 Å². The van der Waals surface area contributed by atoms with Crippen molar-refractivity contribution in [1.29, 1.82) is 0 Å². The van der Waals surface area contributed by atoms with E-state index in [0.29, 0.717) is 0 Å². The van der Waals surface area contributed by atoms with Gasteiger partial charge in [-0.15, -0.1) is 0 Å². The average molecular weight is 263 g/mol. The first-order valence-corrected chi connectivity index (χ1v) is 7.21. The first-order valence-electron chi connectivity index (χ1n) is 6.39. The van der Waals surface area contributed by atoms with Crippen molar-refractivity contribution in [2.24, 2.45) is 0 Å². The van der Waals surface area contributed by atoms with E-state index in [-0.39, 0.29) is 0 Å². The van der Waals surface area contributed by atoms with Crippen LogP contribution in [-0.4, -0.2) is 0 Å². The Balaban J connectivity index is 2.01. The topological polar surface area (TPSA) is 12.0 Å². The fraction of sp³-hybridized carbons (Fsp3) is 0.0588. The van der Waals surface area contributed by atoms with Crippen molar-refractivity contribution in [3.05, 3.63) is 60.2 Å². The van der Waals surface area contributed by atoms with Gasteiger partial charge in [0.2, 0.25) is 0 Å². The van der Waals surface area contributed by atoms with Crippen molar-refractivity contribution in [3.8, 4) is 0 Å². The Morgan fingerprint density at radius 1 is 0.842 bits per heavy atom. The molecule has 0 saturated heterocycles. The number of nitrogens with one attached hydrogen (secondary N) is 1. The van der Waals surface area contributed by atoms with Gasteiger partial charge in [0.15, 0.2) is 0 Å². The van der Waals surface area contributed by atoms with Gasteiger partial charge >= 0.3 is 0 Å². The van der Waals surface area contributed by atoms with Crippen LogP contribution in [0.3, 0.4) is 0 Å². The normalized spacial score (nSPS) is 12.7. The van der Waals surface area contributed by atoms with E-state index in [9.17, 15) is 0 Å². The molecule has 0 atom stereocenters. The molecule has 4 rings (SSSR count). The summed E-state index contributed by atoms with van der Waals surface area (Å²) in [4.78, 5) is 2.60. The van der Waals surface area contributed by atoms with Crippen molar-refractivity contribution in [3.63, 3.8) is 0 Å². The second kappa shape index (κ2) is 4.04. The van der Waals surface area contributed by atoms with Crippen LogP contribution in [-0.2, 0) is 0 Å². The molecule has 0 bridgehead atoms. The summed E-state index contributed by atoms with van der Waals surface area (Å²) in [5.41, 5.74) is 3.77. The van der Waals surface area contributed by atoms with E-state index in [1.54, 1.807) is 0 Å². The molecule has 1 N–H and O–H groups in total. The molecule has 19 heavy (non-hydrogen) atoms. The summed E-state index contributed by atoms with van der Waals surface area (Å²) >= 11 is 1.84. The Morgan fingerprint density at radius 2 is 1.74 bits per heavy atom. The summed E-state index contributed by atoms with van der Waals surface area (Å²) in [5.74, 6) is 0. The largest absolute Gasteiger partial charge is 0.353 e. The van der Waals surface area contributed by atoms with Crippen molar-refractivity contribution in [1.82, 2.24) is 0 Å². The zero-order valence-corrected chi connectivity index (χ0v) is 11.4. The van der Waals surface area contributed by atoms with E-state index >= 15 is 0 Å². The quantitative estimate of drug-likeness (QED) is 0.458. The standard InChI is InChI=1S/C17H13NS/c1-11-5-4-6-12-9-10-15-17(16(11)12)18-13-7-2-3-8-14(13)19-15/h2-10,18H,1H3. The lowest BCUT2D eigenvalue weighted by Crippen LogP contribution is -2.00. The minimum atomic E-state index is 1.20. The third-order valence-electron chi connectivity index (χ3n) is 3.58. The van der Waals surface area contributed by atoms with E-state index in [2.05, 4.69) is 66.8 Å². The smallest absolute Gasteiger partial charge is 0.0608 e. The molecule has 0 unspecified atom stereocenters. The first kappa shape index (κ1) is 10.9. The molecule has 0 fully saturated rings. The van der Waals surface area contributed by atoms with Crippen molar-refractivity contribution in [2.75, 3.05) is 5.32 Å². The lowest BCUT2D eigenvalue weighted by Gasteiger charge is -2.23. The molecule has 0 saturated carbocycles. The number of hydrogen-bond donors (Lipinski definition) is 1. The highest BCUT2D eigenvalue weighted by Gasteiger charge is 2.17. The maximum atomic E-state index is 3.60. The highest BCUT2D eigenvalue weighted by Crippen LogP contribution is 2.47. The van der Waals surface area contributed by atoms with Crippen LogP contribution in [0.4, 0.5) is 11.4 Å². The van der Waals surface area contributed by atoms with Gasteiger partial charge < -0.3 is 5.32 Å². The predicted molar refractivity (Wildman–Crippen MR) is 82.5 cm³/mol. The average Bonchev–Trinajstić information content (AvgIpc) is 2.45. The van der Waals surface area contributed by atoms with E-state index < -0.39 is 0 Å². The summed E-state index contributed by atoms with van der Waals surface area (Å²) in [6.45, 7) is 2.18. The van der Waals surface area contributed by atoms with Gasteiger partial charge in [0.1, 0.15) is 0 Å². The van der Waals surface area contributed by atoms with Crippen LogP contribution < -0.4 is 5.32 Å². The van der Waals surface area contributed by atoms with Gasteiger partial charge in [0.25, 0.3) is 0 Å². The van der Waals surface area contributed by atoms with Gasteiger partial charge in [-0.05, 0) is 36.1 Å². The van der Waals surface area contributed by atoms with E-state index in [1.165, 1.54) is 37.5 Å². The molecular weight excluding hydrogens is 250 g/mol. The minimum absolute atomic E-state index is 1.20. The zero-order chi connectivity index (χ0) is 12.8. The van der Waals surface area contributed by atoms with Crippen LogP contribution in [0.5, 0.6) is 0 Å². The summed E-state index contributed by atoms with van der Waals surface area (Å²) < 4.78 is 0. The van der Waals surface area contributed by atoms with Crippen LogP contribution in [0.1, 0.15) is 5.56 Å². The van der Waals surface area contributed by atoms with Crippen LogP contribution in [0, 0.1) is 6.92 Å². The molecule has 1 aliphatic heterocycles. The van der Waals surface area contributed by atoms with Gasteiger partial charge in [-0.25, -0.2) is 0 Å². The summed E-state index contributed by atoms with van der Waals surface area (Å²) in [7, 11) is 0. The molecule has 1 heterocycles. The van der Waals surface area contributed by atoms with Crippen LogP contribution in [0.25, 0.3) is 10.8 Å². The minimum Gasteiger partial charge on any atom is -0.353 e. The third kappa shape index (κ3) is 1.64. The fourth-order valence-electron chi connectivity index (χ4n) is 2.66. The lowest BCUT2D eigenvalue weighted by atomic mass is 10.0. The molecule has 3 aromatic carbocycles. The second-order valence-corrected chi connectivity index (χ2v) is 5.92. The lowest BCUT2D eigenvalue weighted by molar-refractivity contribution is 1.33. The molecule has 0 radical (unpaired) electrons. The second-order valence-electron chi connectivity index (χ2n) is 4.83. The Hall–Kier alpha value is -1.93. The van der Waals surface area contributed by atoms with Gasteiger partial charge in [0.05, 0.1) is 11.4 Å². The number of para-hydroxylation sites is 1. The molecule has 92 valence electrons. The highest BCUT2D eigenvalue weighted by atomic mass is 32.2. The molecule has 0 aromatic heterocycles. The van der Waals surface area contributed by atoms with Crippen molar-refractivity contribution < 1.29 is 0 Å². The molecule has 2 heteroatoms. The van der Waals surface area contributed by atoms with Crippen LogP contribution in [0.15, 0.2) is 64.4 Å². The zero-order valence-electron chi connectivity index (χ0n) is 10.6. The summed E-state index contributed by atoms with van der Waals surface area (Å²) in [6.07, 6.45) is 0. The molecule has 0 spiro atoms. The number of fused-ring (bicyclic) bond motifs is 4. The third-order valence-corrected chi connectivity index (χ3v) is 4.72. The SMILES string of the molecule is Cc1cccc2ccc3c(c12)Nc1ccccc1S3. The molecule has 3 aromatic rings. The number of benzene rings is 3. The molecule has 0 aliphatic carbocycles. The Labute approximate surface area is 116 Å². The number of rotatable bonds is 0. The Bertz CT molecular complexity index is 792. The van der Waals surface area contributed by atoms with Crippen LogP contribution in [0.2, 0.25) is 0 Å². The Morgan fingerprint density at radius 3 is 2.68 bits per heavy atom. The summed E-state index contributed by atoms with van der Waals surface area (Å²) in [5, 5.41) is 6.24. The predicted octanol–water partition coefficient (Wildman–Crippen LogP) is 5.36. The highest BCUT2D eigenvalue weighted by molar-refractivity contribution is 7.99. The Kier molecular flexibility index (Phi) is 2.32. The van der Waals surface area contributed by atoms with Gasteiger partial charge in [0, 0.05) is 15.2 Å². The van der Waals surface area contributed by atoms with Crippen molar-refractivity contribution >= 4 is 33.9 Å². The number of hydrogen-bond acceptors (Lipinski definition) is 2. The fourth-order valence-corrected chi connectivity index (χ4v) is 3.67. The monoisotopic (exact) mass is 263 g/mol. The van der Waals surface area contributed by atoms with Crippen LogP contribution >= 0.6 is 11.8 Å². The van der Waals surface area contributed by atoms with Gasteiger partial charge in [-0.1, -0.05) is 48.2 Å².